The van der Waals surface area contributed by atoms with E-state index in [1.165, 1.54) is 21.6 Å². The predicted octanol–water partition coefficient (Wildman–Crippen LogP) is 2.57. The van der Waals surface area contributed by atoms with E-state index >= 15 is 0 Å². The Labute approximate surface area is 180 Å². The van der Waals surface area contributed by atoms with Gasteiger partial charge in [-0.25, -0.2) is 0 Å². The molecule has 0 spiro atoms. The second kappa shape index (κ2) is 10.3. The molecule has 30 heavy (non-hydrogen) atoms. The van der Waals surface area contributed by atoms with Crippen molar-refractivity contribution in [3.8, 4) is 0 Å². The second-order valence-corrected chi connectivity index (χ2v) is 9.10. The van der Waals surface area contributed by atoms with Crippen molar-refractivity contribution in [3.63, 3.8) is 0 Å². The van der Waals surface area contributed by atoms with Gasteiger partial charge < -0.3 is 15.0 Å². The number of rotatable bonds is 5. The van der Waals surface area contributed by atoms with Crippen LogP contribution in [0, 0.1) is 6.92 Å². The lowest BCUT2D eigenvalue weighted by atomic mass is 10.2. The number of aryl methyl sites for hydroxylation is 1. The highest BCUT2D eigenvalue weighted by atomic mass is 32.1. The van der Waals surface area contributed by atoms with Gasteiger partial charge in [0.15, 0.2) is 5.96 Å². The Morgan fingerprint density at radius 3 is 2.33 bits per heavy atom. The molecular formula is C20H32F3N5OS. The van der Waals surface area contributed by atoms with E-state index in [9.17, 15) is 13.2 Å². The lowest BCUT2D eigenvalue weighted by Crippen LogP contribution is -2.57. The van der Waals surface area contributed by atoms with Gasteiger partial charge in [-0.3, -0.25) is 14.8 Å². The highest BCUT2D eigenvalue weighted by Gasteiger charge is 2.41. The van der Waals surface area contributed by atoms with Crippen LogP contribution in [-0.2, 0) is 4.74 Å². The molecule has 2 fully saturated rings. The maximum absolute atomic E-state index is 13.0. The van der Waals surface area contributed by atoms with Gasteiger partial charge >= 0.3 is 6.18 Å². The number of alkyl halides is 3. The highest BCUT2D eigenvalue weighted by Crippen LogP contribution is 2.28. The topological polar surface area (TPSA) is 43.3 Å². The van der Waals surface area contributed by atoms with Gasteiger partial charge in [0.05, 0.1) is 19.3 Å². The number of nitrogens with zero attached hydrogens (tertiary/aromatic N) is 4. The Morgan fingerprint density at radius 1 is 1.13 bits per heavy atom. The molecule has 0 aliphatic carbocycles. The van der Waals surface area contributed by atoms with Gasteiger partial charge in [-0.1, -0.05) is 0 Å². The second-order valence-electron chi connectivity index (χ2n) is 7.78. The molecule has 0 saturated carbocycles. The smallest absolute Gasteiger partial charge is 0.379 e. The number of hydrogen-bond donors (Lipinski definition) is 1. The first-order valence-electron chi connectivity index (χ1n) is 10.4. The molecule has 1 aromatic rings. The summed E-state index contributed by atoms with van der Waals surface area (Å²) in [6.45, 7) is 9.08. The van der Waals surface area contributed by atoms with Crippen molar-refractivity contribution in [1.29, 1.82) is 0 Å². The molecule has 0 amide bonds. The van der Waals surface area contributed by atoms with E-state index in [2.05, 4.69) is 39.2 Å². The van der Waals surface area contributed by atoms with Gasteiger partial charge in [0.1, 0.15) is 6.04 Å². The van der Waals surface area contributed by atoms with Gasteiger partial charge in [-0.15, -0.1) is 11.3 Å². The SMILES string of the molecule is CN=C(NCC(c1ccc(C)s1)N1CCOCC1)N1CCN(C(C)C(F)(F)F)CC1. The average Bonchev–Trinajstić information content (AvgIpc) is 3.17. The fourth-order valence-corrected chi connectivity index (χ4v) is 4.99. The number of morpholine rings is 1. The van der Waals surface area contributed by atoms with Crippen molar-refractivity contribution in [2.75, 3.05) is 66.1 Å². The molecule has 2 unspecified atom stereocenters. The fourth-order valence-electron chi connectivity index (χ4n) is 3.98. The number of nitrogens with one attached hydrogen (secondary N) is 1. The molecule has 0 aromatic carbocycles. The summed E-state index contributed by atoms with van der Waals surface area (Å²) in [5.74, 6) is 0.751. The quantitative estimate of drug-likeness (QED) is 0.555. The van der Waals surface area contributed by atoms with E-state index < -0.39 is 12.2 Å². The van der Waals surface area contributed by atoms with Crippen LogP contribution in [-0.4, -0.2) is 99.0 Å². The molecular weight excluding hydrogens is 415 g/mol. The molecule has 3 heterocycles. The first-order valence-corrected chi connectivity index (χ1v) is 11.3. The van der Waals surface area contributed by atoms with Crippen LogP contribution in [0.4, 0.5) is 13.2 Å². The predicted molar refractivity (Wildman–Crippen MR) is 114 cm³/mol. The largest absolute Gasteiger partial charge is 0.403 e. The van der Waals surface area contributed by atoms with Crippen LogP contribution in [0.15, 0.2) is 17.1 Å². The Balaban J connectivity index is 1.59. The molecule has 1 aromatic heterocycles. The van der Waals surface area contributed by atoms with Gasteiger partial charge in [-0.05, 0) is 26.0 Å². The molecule has 2 atom stereocenters. The number of thiophene rings is 1. The molecule has 0 bridgehead atoms. The van der Waals surface area contributed by atoms with Crippen molar-refractivity contribution in [2.45, 2.75) is 32.1 Å². The molecule has 2 aliphatic heterocycles. The third-order valence-corrected chi connectivity index (χ3v) is 6.98. The maximum Gasteiger partial charge on any atom is 0.403 e. The van der Waals surface area contributed by atoms with Crippen LogP contribution >= 0.6 is 11.3 Å². The van der Waals surface area contributed by atoms with E-state index in [1.54, 1.807) is 18.4 Å². The van der Waals surface area contributed by atoms with Crippen LogP contribution in [0.25, 0.3) is 0 Å². The highest BCUT2D eigenvalue weighted by molar-refractivity contribution is 7.12. The number of piperazine rings is 1. The molecule has 3 rings (SSSR count). The number of aliphatic imine (C=N–C) groups is 1. The summed E-state index contributed by atoms with van der Waals surface area (Å²) in [5, 5.41) is 3.48. The summed E-state index contributed by atoms with van der Waals surface area (Å²) < 4.78 is 44.5. The van der Waals surface area contributed by atoms with Crippen molar-refractivity contribution in [3.05, 3.63) is 21.9 Å². The summed E-state index contributed by atoms with van der Waals surface area (Å²) in [5.41, 5.74) is 0. The molecule has 170 valence electrons. The van der Waals surface area contributed by atoms with Gasteiger partial charge in [0.2, 0.25) is 0 Å². The number of halogens is 3. The number of hydrogen-bond acceptors (Lipinski definition) is 5. The molecule has 2 aliphatic rings. The van der Waals surface area contributed by atoms with Crippen LogP contribution < -0.4 is 5.32 Å². The molecule has 1 N–H and O–H groups in total. The molecule has 10 heteroatoms. The van der Waals surface area contributed by atoms with Crippen LogP contribution in [0.3, 0.4) is 0 Å². The zero-order chi connectivity index (χ0) is 21.7. The first kappa shape index (κ1) is 23.3. The van der Waals surface area contributed by atoms with E-state index in [1.807, 2.05) is 0 Å². The number of ether oxygens (including phenoxy) is 1. The maximum atomic E-state index is 13.0. The summed E-state index contributed by atoms with van der Waals surface area (Å²) in [7, 11) is 1.73. The zero-order valence-corrected chi connectivity index (χ0v) is 18.7. The first-order chi connectivity index (χ1) is 14.3. The standard InChI is InChI=1S/C20H32F3N5OS/c1-15-4-5-18(30-15)17(27-10-12-29-13-11-27)14-25-19(24-3)28-8-6-26(7-9-28)16(2)20(21,22)23/h4-5,16-17H,6-14H2,1-3H3,(H,24,25). The van der Waals surface area contributed by atoms with Crippen LogP contribution in [0.2, 0.25) is 0 Å². The van der Waals surface area contributed by atoms with Gasteiger partial charge in [0, 0.05) is 62.6 Å². The molecule has 0 radical (unpaired) electrons. The minimum Gasteiger partial charge on any atom is -0.379 e. The van der Waals surface area contributed by atoms with E-state index in [4.69, 9.17) is 4.74 Å². The van der Waals surface area contributed by atoms with E-state index in [0.29, 0.717) is 32.7 Å². The zero-order valence-electron chi connectivity index (χ0n) is 17.9. The summed E-state index contributed by atoms with van der Waals surface area (Å²) in [4.78, 5) is 13.0. The summed E-state index contributed by atoms with van der Waals surface area (Å²) >= 11 is 1.80. The Bertz CT molecular complexity index is 697. The van der Waals surface area contributed by atoms with Crippen molar-refractivity contribution in [2.24, 2.45) is 4.99 Å². The Morgan fingerprint density at radius 2 is 1.80 bits per heavy atom. The Kier molecular flexibility index (Phi) is 8.00. The summed E-state index contributed by atoms with van der Waals surface area (Å²) in [6.07, 6.45) is -4.19. The monoisotopic (exact) mass is 447 g/mol. The lowest BCUT2D eigenvalue weighted by Gasteiger charge is -2.40. The number of guanidine groups is 1. The normalized spacial score (nSPS) is 22.2. The average molecular weight is 448 g/mol. The van der Waals surface area contributed by atoms with Crippen LogP contribution in [0.1, 0.15) is 22.7 Å². The van der Waals surface area contributed by atoms with E-state index in [0.717, 1.165) is 32.3 Å². The third-order valence-electron chi connectivity index (χ3n) is 5.88. The van der Waals surface area contributed by atoms with Crippen molar-refractivity contribution < 1.29 is 17.9 Å². The lowest BCUT2D eigenvalue weighted by molar-refractivity contribution is -0.181. The summed E-state index contributed by atoms with van der Waals surface area (Å²) in [6, 6.07) is 3.13. The fraction of sp³-hybridized carbons (Fsp3) is 0.750. The van der Waals surface area contributed by atoms with E-state index in [-0.39, 0.29) is 6.04 Å². The van der Waals surface area contributed by atoms with Gasteiger partial charge in [0.25, 0.3) is 0 Å². The van der Waals surface area contributed by atoms with Crippen molar-refractivity contribution in [1.82, 2.24) is 20.0 Å². The minimum atomic E-state index is -4.19. The third kappa shape index (κ3) is 5.87. The van der Waals surface area contributed by atoms with Crippen LogP contribution in [0.5, 0.6) is 0 Å². The van der Waals surface area contributed by atoms with Crippen molar-refractivity contribution >= 4 is 17.3 Å². The molecule has 2 saturated heterocycles. The Hall–Kier alpha value is -1.36. The minimum absolute atomic E-state index is 0.218. The molecule has 6 nitrogen and oxygen atoms in total. The van der Waals surface area contributed by atoms with Gasteiger partial charge in [-0.2, -0.15) is 13.2 Å².